The smallest absolute Gasteiger partial charge is 0.245 e. The third-order valence-electron chi connectivity index (χ3n) is 8.02. The molecule has 2 aromatic heterocycles. The first-order valence-electron chi connectivity index (χ1n) is 13.0. The van der Waals surface area contributed by atoms with Crippen LogP contribution in [0.3, 0.4) is 0 Å². The van der Waals surface area contributed by atoms with Gasteiger partial charge in [-0.2, -0.15) is 10.1 Å². The highest BCUT2D eigenvalue weighted by Gasteiger charge is 2.36. The van der Waals surface area contributed by atoms with Crippen LogP contribution in [0.1, 0.15) is 87.1 Å². The van der Waals surface area contributed by atoms with Gasteiger partial charge in [0.05, 0.1) is 5.69 Å². The Bertz CT molecular complexity index is 1010. The van der Waals surface area contributed by atoms with Crippen molar-refractivity contribution < 1.29 is 4.79 Å². The standard InChI is InChI=1S/C25H35N7O/c33-24(31-13-5-6-14-31)21-12-7-15-32(21)25-26-19-11-4-3-10-18(19)23(28-25)27-22-16-20(29-30-22)17-8-1-2-9-17/h16-17,21H,1-15H2,(H2,26,27,28,29,30). The Balaban J connectivity index is 1.28. The first kappa shape index (κ1) is 20.9. The molecule has 0 aromatic carbocycles. The van der Waals surface area contributed by atoms with E-state index in [-0.39, 0.29) is 11.9 Å². The van der Waals surface area contributed by atoms with Gasteiger partial charge in [0, 0.05) is 42.9 Å². The summed E-state index contributed by atoms with van der Waals surface area (Å²) in [6, 6.07) is 2.03. The van der Waals surface area contributed by atoms with E-state index in [1.54, 1.807) is 0 Å². The summed E-state index contributed by atoms with van der Waals surface area (Å²) < 4.78 is 0. The van der Waals surface area contributed by atoms with E-state index in [9.17, 15) is 4.79 Å². The average Bonchev–Trinajstić information content (AvgIpc) is 3.64. The minimum absolute atomic E-state index is 0.128. The number of rotatable bonds is 5. The van der Waals surface area contributed by atoms with Gasteiger partial charge in [0.15, 0.2) is 5.82 Å². The van der Waals surface area contributed by atoms with E-state index in [1.807, 2.05) is 4.90 Å². The Kier molecular flexibility index (Phi) is 5.68. The molecule has 3 fully saturated rings. The Morgan fingerprint density at radius 1 is 0.939 bits per heavy atom. The molecule has 8 nitrogen and oxygen atoms in total. The molecule has 2 aliphatic carbocycles. The van der Waals surface area contributed by atoms with Gasteiger partial charge in [0.2, 0.25) is 11.9 Å². The topological polar surface area (TPSA) is 90.0 Å². The summed E-state index contributed by atoms with van der Waals surface area (Å²) in [4.78, 5) is 27.4. The van der Waals surface area contributed by atoms with Gasteiger partial charge in [-0.3, -0.25) is 9.89 Å². The molecule has 1 amide bonds. The molecule has 2 saturated heterocycles. The number of carbonyl (C=O) groups excluding carboxylic acids is 1. The third kappa shape index (κ3) is 4.08. The molecule has 2 aromatic rings. The number of likely N-dealkylation sites (tertiary alicyclic amines) is 1. The van der Waals surface area contributed by atoms with Crippen LogP contribution in [-0.4, -0.2) is 56.6 Å². The van der Waals surface area contributed by atoms with Crippen molar-refractivity contribution in [1.82, 2.24) is 25.1 Å². The van der Waals surface area contributed by atoms with Crippen molar-refractivity contribution in [3.8, 4) is 0 Å². The van der Waals surface area contributed by atoms with Gasteiger partial charge in [0.25, 0.3) is 0 Å². The van der Waals surface area contributed by atoms with Crippen molar-refractivity contribution in [1.29, 1.82) is 0 Å². The van der Waals surface area contributed by atoms with Crippen molar-refractivity contribution in [2.75, 3.05) is 29.9 Å². The first-order valence-corrected chi connectivity index (χ1v) is 13.0. The SMILES string of the molecule is O=C(C1CCCN1c1nc2c(c(Nc3cc(C4CCCC4)[nH]n3)n1)CCCC2)N1CCCC1. The van der Waals surface area contributed by atoms with Crippen LogP contribution < -0.4 is 10.2 Å². The Hall–Kier alpha value is -2.64. The molecule has 4 aliphatic rings. The maximum Gasteiger partial charge on any atom is 0.245 e. The summed E-state index contributed by atoms with van der Waals surface area (Å²) >= 11 is 0. The molecule has 1 unspecified atom stereocenters. The van der Waals surface area contributed by atoms with E-state index in [0.29, 0.717) is 11.9 Å². The van der Waals surface area contributed by atoms with E-state index in [4.69, 9.17) is 9.97 Å². The number of carbonyl (C=O) groups is 1. The van der Waals surface area contributed by atoms with Crippen LogP contribution >= 0.6 is 0 Å². The van der Waals surface area contributed by atoms with Gasteiger partial charge < -0.3 is 15.1 Å². The highest BCUT2D eigenvalue weighted by atomic mass is 16.2. The fourth-order valence-corrected chi connectivity index (χ4v) is 6.19. The zero-order valence-electron chi connectivity index (χ0n) is 19.5. The molecule has 1 saturated carbocycles. The third-order valence-corrected chi connectivity index (χ3v) is 8.02. The van der Waals surface area contributed by atoms with Gasteiger partial charge >= 0.3 is 0 Å². The zero-order valence-corrected chi connectivity index (χ0v) is 19.5. The van der Waals surface area contributed by atoms with Crippen LogP contribution in [-0.2, 0) is 17.6 Å². The summed E-state index contributed by atoms with van der Waals surface area (Å²) in [7, 11) is 0. The van der Waals surface area contributed by atoms with E-state index >= 15 is 0 Å². The highest BCUT2D eigenvalue weighted by molar-refractivity contribution is 5.85. The van der Waals surface area contributed by atoms with Crippen LogP contribution in [0.5, 0.6) is 0 Å². The lowest BCUT2D eigenvalue weighted by Gasteiger charge is -2.29. The number of hydrogen-bond acceptors (Lipinski definition) is 6. The maximum absolute atomic E-state index is 13.2. The number of anilines is 3. The number of aromatic nitrogens is 4. The average molecular weight is 450 g/mol. The van der Waals surface area contributed by atoms with Gasteiger partial charge in [-0.25, -0.2) is 4.98 Å². The first-order chi connectivity index (χ1) is 16.3. The lowest BCUT2D eigenvalue weighted by molar-refractivity contribution is -0.131. The van der Waals surface area contributed by atoms with Crippen LogP contribution in [0, 0.1) is 0 Å². The van der Waals surface area contributed by atoms with Crippen molar-refractivity contribution in [2.45, 2.75) is 89.0 Å². The number of aromatic amines is 1. The molecular weight excluding hydrogens is 414 g/mol. The predicted octanol–water partition coefficient (Wildman–Crippen LogP) is 4.07. The van der Waals surface area contributed by atoms with E-state index in [2.05, 4.69) is 26.5 Å². The molecular formula is C25H35N7O. The van der Waals surface area contributed by atoms with Crippen LogP contribution in [0.2, 0.25) is 0 Å². The number of fused-ring (bicyclic) bond motifs is 1. The molecule has 8 heteroatoms. The summed E-state index contributed by atoms with van der Waals surface area (Å²) in [5.74, 6) is 3.28. The number of nitrogens with zero attached hydrogens (tertiary/aromatic N) is 5. The van der Waals surface area contributed by atoms with Crippen LogP contribution in [0.4, 0.5) is 17.6 Å². The minimum atomic E-state index is -0.128. The van der Waals surface area contributed by atoms with E-state index < -0.39 is 0 Å². The number of amides is 1. The second-order valence-corrected chi connectivity index (χ2v) is 10.2. The van der Waals surface area contributed by atoms with Crippen molar-refractivity contribution >= 4 is 23.5 Å². The Morgan fingerprint density at radius 3 is 2.61 bits per heavy atom. The van der Waals surface area contributed by atoms with Gasteiger partial charge in [-0.1, -0.05) is 12.8 Å². The van der Waals surface area contributed by atoms with Crippen LogP contribution in [0.15, 0.2) is 6.07 Å². The molecule has 2 N–H and O–H groups in total. The molecule has 2 aliphatic heterocycles. The lowest BCUT2D eigenvalue weighted by atomic mass is 9.96. The monoisotopic (exact) mass is 449 g/mol. The number of hydrogen-bond donors (Lipinski definition) is 2. The molecule has 0 radical (unpaired) electrons. The fraction of sp³-hybridized carbons (Fsp3) is 0.680. The lowest BCUT2D eigenvalue weighted by Crippen LogP contribution is -2.45. The normalized spacial score (nSPS) is 23.3. The summed E-state index contributed by atoms with van der Waals surface area (Å²) in [6.45, 7) is 2.63. The highest BCUT2D eigenvalue weighted by Crippen LogP contribution is 2.35. The van der Waals surface area contributed by atoms with Gasteiger partial charge in [0.1, 0.15) is 11.9 Å². The predicted molar refractivity (Wildman–Crippen MR) is 128 cm³/mol. The Morgan fingerprint density at radius 2 is 1.76 bits per heavy atom. The molecule has 176 valence electrons. The van der Waals surface area contributed by atoms with Gasteiger partial charge in [-0.05, 0) is 64.2 Å². The molecule has 4 heterocycles. The van der Waals surface area contributed by atoms with E-state index in [0.717, 1.165) is 88.3 Å². The van der Waals surface area contributed by atoms with Crippen LogP contribution in [0.25, 0.3) is 0 Å². The summed E-state index contributed by atoms with van der Waals surface area (Å²) in [6.07, 6.45) is 13.5. The number of nitrogens with one attached hydrogen (secondary N) is 2. The van der Waals surface area contributed by atoms with Crippen molar-refractivity contribution in [3.63, 3.8) is 0 Å². The fourth-order valence-electron chi connectivity index (χ4n) is 6.19. The van der Waals surface area contributed by atoms with Crippen molar-refractivity contribution in [3.05, 3.63) is 23.0 Å². The molecule has 0 bridgehead atoms. The summed E-state index contributed by atoms with van der Waals surface area (Å²) in [5.41, 5.74) is 3.59. The maximum atomic E-state index is 13.2. The molecule has 6 rings (SSSR count). The minimum Gasteiger partial charge on any atom is -0.341 e. The second-order valence-electron chi connectivity index (χ2n) is 10.2. The Labute approximate surface area is 195 Å². The number of aryl methyl sites for hydroxylation is 1. The quantitative estimate of drug-likeness (QED) is 0.715. The largest absolute Gasteiger partial charge is 0.341 e. The molecule has 33 heavy (non-hydrogen) atoms. The number of H-pyrrole nitrogens is 1. The van der Waals surface area contributed by atoms with E-state index in [1.165, 1.54) is 36.9 Å². The molecule has 1 atom stereocenters. The molecule has 0 spiro atoms. The zero-order chi connectivity index (χ0) is 22.2. The summed E-state index contributed by atoms with van der Waals surface area (Å²) in [5, 5.41) is 11.3. The van der Waals surface area contributed by atoms with Gasteiger partial charge in [-0.15, -0.1) is 0 Å². The van der Waals surface area contributed by atoms with Crippen molar-refractivity contribution in [2.24, 2.45) is 0 Å². The second kappa shape index (κ2) is 8.95.